The van der Waals surface area contributed by atoms with Crippen molar-refractivity contribution in [3.05, 3.63) is 35.4 Å². The highest BCUT2D eigenvalue weighted by Gasteiger charge is 2.45. The third kappa shape index (κ3) is 1.40. The number of hydrogen-bond donors (Lipinski definition) is 1. The molecule has 0 aromatic heterocycles. The molecular weight excluding hydrogens is 196 g/mol. The van der Waals surface area contributed by atoms with E-state index in [9.17, 15) is 0 Å². The Kier molecular flexibility index (Phi) is 2.30. The molecule has 1 atom stereocenters. The van der Waals surface area contributed by atoms with Crippen LogP contribution >= 0.6 is 0 Å². The first-order valence-electron chi connectivity index (χ1n) is 6.23. The minimum absolute atomic E-state index is 0.261. The van der Waals surface area contributed by atoms with Crippen LogP contribution in [-0.4, -0.2) is 25.0 Å². The summed E-state index contributed by atoms with van der Waals surface area (Å²) in [6.07, 6.45) is 3.69. The highest BCUT2D eigenvalue weighted by molar-refractivity contribution is 5.38. The van der Waals surface area contributed by atoms with Gasteiger partial charge in [-0.25, -0.2) is 0 Å². The first-order valence-corrected chi connectivity index (χ1v) is 6.23. The van der Waals surface area contributed by atoms with Gasteiger partial charge in [-0.2, -0.15) is 0 Å². The smallest absolute Gasteiger partial charge is 0.0359 e. The van der Waals surface area contributed by atoms with E-state index in [-0.39, 0.29) is 6.04 Å². The molecule has 1 aliphatic carbocycles. The quantitative estimate of drug-likeness (QED) is 0.718. The van der Waals surface area contributed by atoms with Crippen molar-refractivity contribution in [3.8, 4) is 0 Å². The Labute approximate surface area is 97.4 Å². The van der Waals surface area contributed by atoms with E-state index >= 15 is 0 Å². The highest BCUT2D eigenvalue weighted by atomic mass is 15.1. The summed E-state index contributed by atoms with van der Waals surface area (Å²) in [7, 11) is 2.21. The van der Waals surface area contributed by atoms with Crippen LogP contribution in [-0.2, 0) is 6.42 Å². The Bertz CT molecular complexity index is 391. The molecule has 2 N–H and O–H groups in total. The average molecular weight is 216 g/mol. The molecule has 3 rings (SSSR count). The fourth-order valence-electron chi connectivity index (χ4n) is 3.37. The molecule has 1 aromatic rings. The van der Waals surface area contributed by atoms with E-state index < -0.39 is 0 Å². The number of nitrogens with zero attached hydrogens (tertiary/aromatic N) is 1. The number of hydrogen-bond acceptors (Lipinski definition) is 2. The van der Waals surface area contributed by atoms with E-state index in [1.165, 1.54) is 43.5 Å². The Morgan fingerprint density at radius 1 is 1.25 bits per heavy atom. The molecule has 1 heterocycles. The van der Waals surface area contributed by atoms with Crippen LogP contribution in [0.5, 0.6) is 0 Å². The molecule has 2 nitrogen and oxygen atoms in total. The van der Waals surface area contributed by atoms with Crippen LogP contribution in [0.25, 0.3) is 0 Å². The van der Waals surface area contributed by atoms with E-state index in [2.05, 4.69) is 36.2 Å². The minimum Gasteiger partial charge on any atom is -0.323 e. The SMILES string of the molecule is CN1CCC2(CC1)Cc1ccccc1C2N. The van der Waals surface area contributed by atoms with Gasteiger partial charge in [-0.1, -0.05) is 24.3 Å². The zero-order chi connectivity index (χ0) is 11.2. The lowest BCUT2D eigenvalue weighted by Gasteiger charge is -2.41. The lowest BCUT2D eigenvalue weighted by molar-refractivity contribution is 0.106. The van der Waals surface area contributed by atoms with Crippen molar-refractivity contribution >= 4 is 0 Å². The molecule has 0 saturated carbocycles. The molecule has 1 aliphatic heterocycles. The van der Waals surface area contributed by atoms with Crippen LogP contribution in [0.1, 0.15) is 30.0 Å². The van der Waals surface area contributed by atoms with Gasteiger partial charge >= 0.3 is 0 Å². The molecule has 0 radical (unpaired) electrons. The van der Waals surface area contributed by atoms with Gasteiger partial charge in [-0.3, -0.25) is 0 Å². The van der Waals surface area contributed by atoms with Crippen molar-refractivity contribution in [3.63, 3.8) is 0 Å². The number of fused-ring (bicyclic) bond motifs is 1. The summed E-state index contributed by atoms with van der Waals surface area (Å²) in [6, 6.07) is 8.99. The van der Waals surface area contributed by atoms with Crippen LogP contribution in [0.3, 0.4) is 0 Å². The number of nitrogens with two attached hydrogens (primary N) is 1. The maximum Gasteiger partial charge on any atom is 0.0359 e. The van der Waals surface area contributed by atoms with Crippen molar-refractivity contribution in [2.45, 2.75) is 25.3 Å². The van der Waals surface area contributed by atoms with Crippen molar-refractivity contribution in [1.82, 2.24) is 4.90 Å². The molecule has 0 bridgehead atoms. The van der Waals surface area contributed by atoms with Crippen LogP contribution in [0, 0.1) is 5.41 Å². The monoisotopic (exact) mass is 216 g/mol. The standard InChI is InChI=1S/C14H20N2/c1-16-8-6-14(7-9-16)10-11-4-2-3-5-12(11)13(14)15/h2-5,13H,6-10,15H2,1H3. The lowest BCUT2D eigenvalue weighted by atomic mass is 9.73. The Balaban J connectivity index is 1.91. The topological polar surface area (TPSA) is 29.3 Å². The van der Waals surface area contributed by atoms with E-state index in [1.54, 1.807) is 0 Å². The van der Waals surface area contributed by atoms with Gasteiger partial charge in [0.05, 0.1) is 0 Å². The molecular formula is C14H20N2. The van der Waals surface area contributed by atoms with Crippen molar-refractivity contribution in [2.75, 3.05) is 20.1 Å². The van der Waals surface area contributed by atoms with Crippen molar-refractivity contribution < 1.29 is 0 Å². The summed E-state index contributed by atoms with van der Waals surface area (Å²) in [5.74, 6) is 0. The van der Waals surface area contributed by atoms with Crippen LogP contribution in [0.2, 0.25) is 0 Å². The molecule has 1 aromatic carbocycles. The van der Waals surface area contributed by atoms with Crippen molar-refractivity contribution in [2.24, 2.45) is 11.1 Å². The van der Waals surface area contributed by atoms with Gasteiger partial charge < -0.3 is 10.6 Å². The highest BCUT2D eigenvalue weighted by Crippen LogP contribution is 2.50. The molecule has 0 amide bonds. The Morgan fingerprint density at radius 3 is 2.62 bits per heavy atom. The second-order valence-corrected chi connectivity index (χ2v) is 5.52. The first-order chi connectivity index (χ1) is 7.71. The zero-order valence-electron chi connectivity index (χ0n) is 9.95. The third-order valence-electron chi connectivity index (χ3n) is 4.58. The molecule has 2 aliphatic rings. The fourth-order valence-corrected chi connectivity index (χ4v) is 3.37. The Hall–Kier alpha value is -0.860. The molecule has 86 valence electrons. The largest absolute Gasteiger partial charge is 0.323 e. The molecule has 2 heteroatoms. The molecule has 16 heavy (non-hydrogen) atoms. The lowest BCUT2D eigenvalue weighted by Crippen LogP contribution is -2.42. The predicted octanol–water partition coefficient (Wildman–Crippen LogP) is 1.95. The number of rotatable bonds is 0. The molecule has 1 unspecified atom stereocenters. The van der Waals surface area contributed by atoms with E-state index in [0.29, 0.717) is 5.41 Å². The molecule has 1 spiro atoms. The summed E-state index contributed by atoms with van der Waals surface area (Å²) >= 11 is 0. The van der Waals surface area contributed by atoms with Crippen molar-refractivity contribution in [1.29, 1.82) is 0 Å². The predicted molar refractivity (Wildman–Crippen MR) is 66.2 cm³/mol. The minimum atomic E-state index is 0.261. The average Bonchev–Trinajstić information content (AvgIpc) is 2.58. The van der Waals surface area contributed by atoms with Crippen LogP contribution in [0.4, 0.5) is 0 Å². The maximum atomic E-state index is 6.48. The first kappa shape index (κ1) is 10.3. The van der Waals surface area contributed by atoms with Gasteiger partial charge in [0.25, 0.3) is 0 Å². The second-order valence-electron chi connectivity index (χ2n) is 5.52. The number of likely N-dealkylation sites (tertiary alicyclic amines) is 1. The van der Waals surface area contributed by atoms with Gasteiger partial charge in [-0.05, 0) is 55.9 Å². The second kappa shape index (κ2) is 3.57. The van der Waals surface area contributed by atoms with Crippen LogP contribution in [0.15, 0.2) is 24.3 Å². The molecule has 1 fully saturated rings. The Morgan fingerprint density at radius 2 is 1.94 bits per heavy atom. The normalized spacial score (nSPS) is 28.2. The summed E-state index contributed by atoms with van der Waals surface area (Å²) in [6.45, 7) is 2.39. The number of piperidine rings is 1. The van der Waals surface area contributed by atoms with Gasteiger partial charge in [-0.15, -0.1) is 0 Å². The summed E-state index contributed by atoms with van der Waals surface area (Å²) in [5, 5.41) is 0. The van der Waals surface area contributed by atoms with E-state index in [4.69, 9.17) is 5.73 Å². The van der Waals surface area contributed by atoms with E-state index in [0.717, 1.165) is 0 Å². The molecule has 1 saturated heterocycles. The summed E-state index contributed by atoms with van der Waals surface area (Å²) in [4.78, 5) is 2.42. The number of benzene rings is 1. The summed E-state index contributed by atoms with van der Waals surface area (Å²) in [5.41, 5.74) is 9.72. The summed E-state index contributed by atoms with van der Waals surface area (Å²) < 4.78 is 0. The van der Waals surface area contributed by atoms with Gasteiger partial charge in [0.15, 0.2) is 0 Å². The maximum absolute atomic E-state index is 6.48. The van der Waals surface area contributed by atoms with Gasteiger partial charge in [0.2, 0.25) is 0 Å². The zero-order valence-corrected chi connectivity index (χ0v) is 9.95. The fraction of sp³-hybridized carbons (Fsp3) is 0.571. The van der Waals surface area contributed by atoms with Crippen LogP contribution < -0.4 is 5.73 Å². The van der Waals surface area contributed by atoms with E-state index in [1.807, 2.05) is 0 Å². The third-order valence-corrected chi connectivity index (χ3v) is 4.58. The van der Waals surface area contributed by atoms with Gasteiger partial charge in [0.1, 0.15) is 0 Å². The van der Waals surface area contributed by atoms with Gasteiger partial charge in [0, 0.05) is 6.04 Å².